The van der Waals surface area contributed by atoms with Gasteiger partial charge in [-0.2, -0.15) is 0 Å². The maximum absolute atomic E-state index is 12.4. The Kier molecular flexibility index (Phi) is 57.0. The van der Waals surface area contributed by atoms with Crippen LogP contribution in [-0.4, -0.2) is 47.4 Å². The van der Waals surface area contributed by atoms with Crippen LogP contribution >= 0.6 is 0 Å². The van der Waals surface area contributed by atoms with Crippen molar-refractivity contribution in [1.82, 2.24) is 5.32 Å². The van der Waals surface area contributed by atoms with E-state index in [0.29, 0.717) is 19.4 Å². The molecule has 0 aliphatic carbocycles. The van der Waals surface area contributed by atoms with Crippen molar-refractivity contribution >= 4 is 11.9 Å². The number of aliphatic hydroxyl groups is 2. The highest BCUT2D eigenvalue weighted by Crippen LogP contribution is 2.17. The van der Waals surface area contributed by atoms with Gasteiger partial charge in [0.05, 0.1) is 25.4 Å². The summed E-state index contributed by atoms with van der Waals surface area (Å²) >= 11 is 0. The molecule has 0 radical (unpaired) electrons. The second-order valence-electron chi connectivity index (χ2n) is 21.1. The van der Waals surface area contributed by atoms with Crippen LogP contribution < -0.4 is 5.32 Å². The number of unbranched alkanes of at least 4 members (excludes halogenated alkanes) is 43. The van der Waals surface area contributed by atoms with Crippen molar-refractivity contribution in [3.8, 4) is 0 Å². The molecule has 0 heterocycles. The van der Waals surface area contributed by atoms with Crippen molar-refractivity contribution in [3.63, 3.8) is 0 Å². The number of allylic oxidation sites excluding steroid dienone is 5. The van der Waals surface area contributed by atoms with E-state index in [1.54, 1.807) is 6.08 Å². The summed E-state index contributed by atoms with van der Waals surface area (Å²) in [6.07, 6.45) is 73.3. The molecular formula is C63H119NO5. The van der Waals surface area contributed by atoms with E-state index in [0.717, 1.165) is 77.0 Å². The molecule has 69 heavy (non-hydrogen) atoms. The first-order valence-electron chi connectivity index (χ1n) is 30.8. The zero-order chi connectivity index (χ0) is 50.0. The van der Waals surface area contributed by atoms with Crippen LogP contribution in [0.1, 0.15) is 328 Å². The van der Waals surface area contributed by atoms with Crippen LogP contribution in [0.5, 0.6) is 0 Å². The van der Waals surface area contributed by atoms with Gasteiger partial charge in [0.25, 0.3) is 0 Å². The van der Waals surface area contributed by atoms with E-state index in [1.165, 1.54) is 225 Å². The highest BCUT2D eigenvalue weighted by atomic mass is 16.5. The third kappa shape index (κ3) is 55.2. The van der Waals surface area contributed by atoms with Gasteiger partial charge in [0, 0.05) is 12.8 Å². The maximum atomic E-state index is 12.4. The van der Waals surface area contributed by atoms with Gasteiger partial charge in [-0.05, 0) is 64.2 Å². The fraction of sp³-hybridized carbons (Fsp3) is 0.873. The Hall–Kier alpha value is -1.92. The van der Waals surface area contributed by atoms with Crippen molar-refractivity contribution in [3.05, 3.63) is 36.5 Å². The molecule has 0 fully saturated rings. The molecule has 0 aliphatic rings. The Bertz CT molecular complexity index is 1120. The zero-order valence-corrected chi connectivity index (χ0v) is 46.3. The van der Waals surface area contributed by atoms with Gasteiger partial charge in [0.1, 0.15) is 0 Å². The van der Waals surface area contributed by atoms with Gasteiger partial charge in [-0.25, -0.2) is 0 Å². The summed E-state index contributed by atoms with van der Waals surface area (Å²) in [5.74, 6) is -0.0866. The van der Waals surface area contributed by atoms with Gasteiger partial charge in [-0.1, -0.05) is 288 Å². The molecule has 3 N–H and O–H groups in total. The minimum atomic E-state index is -0.851. The fourth-order valence-corrected chi connectivity index (χ4v) is 9.45. The Morgan fingerprint density at radius 3 is 1.07 bits per heavy atom. The lowest BCUT2D eigenvalue weighted by Gasteiger charge is -2.20. The lowest BCUT2D eigenvalue weighted by Crippen LogP contribution is -2.45. The fourth-order valence-electron chi connectivity index (χ4n) is 9.45. The number of carbonyl (C=O) groups excluding carboxylic acids is 2. The first-order valence-corrected chi connectivity index (χ1v) is 30.8. The van der Waals surface area contributed by atoms with E-state index in [2.05, 4.69) is 43.5 Å². The predicted molar refractivity (Wildman–Crippen MR) is 301 cm³/mol. The van der Waals surface area contributed by atoms with Crippen LogP contribution in [0.25, 0.3) is 0 Å². The minimum absolute atomic E-state index is 0.00935. The van der Waals surface area contributed by atoms with Crippen molar-refractivity contribution in [1.29, 1.82) is 0 Å². The molecule has 0 aromatic rings. The Balaban J connectivity index is 3.47. The number of esters is 1. The monoisotopic (exact) mass is 970 g/mol. The van der Waals surface area contributed by atoms with Gasteiger partial charge in [-0.3, -0.25) is 9.59 Å². The van der Waals surface area contributed by atoms with Crippen LogP contribution in [-0.2, 0) is 14.3 Å². The summed E-state index contributed by atoms with van der Waals surface area (Å²) in [5, 5.41) is 23.1. The van der Waals surface area contributed by atoms with E-state index in [9.17, 15) is 19.8 Å². The Morgan fingerprint density at radius 1 is 0.406 bits per heavy atom. The van der Waals surface area contributed by atoms with Gasteiger partial charge in [-0.15, -0.1) is 0 Å². The molecule has 406 valence electrons. The SMILES string of the molecule is CCCCCCCCCCCCCC/C=C/C(O)C(CO)NC(=O)CCCCCCCCCCCC/C=C\C=C/CCCCCOC(=O)CCCCCCCCCCCCCCCCCCCCC. The number of hydrogen-bond acceptors (Lipinski definition) is 5. The highest BCUT2D eigenvalue weighted by molar-refractivity contribution is 5.76. The lowest BCUT2D eigenvalue weighted by molar-refractivity contribution is -0.143. The third-order valence-electron chi connectivity index (χ3n) is 14.2. The standard InChI is InChI=1S/C63H119NO5/c1-3-5-7-9-11-13-15-17-19-20-22-26-29-33-37-41-45-49-53-57-63(68)69-58-54-50-46-42-38-34-30-27-24-21-23-25-28-32-36-40-44-48-52-56-62(67)64-60(59-65)61(66)55-51-47-43-39-35-31-18-16-14-12-10-8-6-4-2/h27,30,34,38,51,55,60-61,65-66H,3-26,28-29,31-33,35-37,39-50,52-54,56-59H2,1-2H3,(H,64,67)/b30-27-,38-34-,55-51+. The molecule has 2 unspecified atom stereocenters. The zero-order valence-electron chi connectivity index (χ0n) is 46.3. The van der Waals surface area contributed by atoms with Gasteiger partial charge in [0.2, 0.25) is 5.91 Å². The summed E-state index contributed by atoms with van der Waals surface area (Å²) in [6, 6.07) is -0.635. The van der Waals surface area contributed by atoms with Crippen molar-refractivity contribution in [2.24, 2.45) is 0 Å². The second-order valence-corrected chi connectivity index (χ2v) is 21.1. The molecule has 0 saturated heterocycles. The van der Waals surface area contributed by atoms with Gasteiger partial charge < -0.3 is 20.3 Å². The predicted octanol–water partition coefficient (Wildman–Crippen LogP) is 19.2. The molecule has 6 heteroatoms. The molecular weight excluding hydrogens is 851 g/mol. The molecule has 0 rings (SSSR count). The highest BCUT2D eigenvalue weighted by Gasteiger charge is 2.18. The van der Waals surface area contributed by atoms with E-state index in [4.69, 9.17) is 4.74 Å². The molecule has 1 amide bonds. The van der Waals surface area contributed by atoms with Crippen LogP contribution in [0.4, 0.5) is 0 Å². The second kappa shape index (κ2) is 58.6. The molecule has 2 atom stereocenters. The Morgan fingerprint density at radius 2 is 0.710 bits per heavy atom. The summed E-state index contributed by atoms with van der Waals surface area (Å²) < 4.78 is 5.47. The lowest BCUT2D eigenvalue weighted by atomic mass is 10.0. The number of aliphatic hydroxyl groups excluding tert-OH is 2. The number of nitrogens with one attached hydrogen (secondary N) is 1. The molecule has 0 aliphatic heterocycles. The van der Waals surface area contributed by atoms with E-state index >= 15 is 0 Å². The van der Waals surface area contributed by atoms with Gasteiger partial charge >= 0.3 is 5.97 Å². The summed E-state index contributed by atoms with van der Waals surface area (Å²) in [7, 11) is 0. The average molecular weight is 971 g/mol. The van der Waals surface area contributed by atoms with Crippen LogP contribution in [0.3, 0.4) is 0 Å². The van der Waals surface area contributed by atoms with Crippen molar-refractivity contribution in [2.75, 3.05) is 13.2 Å². The minimum Gasteiger partial charge on any atom is -0.466 e. The van der Waals surface area contributed by atoms with Crippen LogP contribution in [0.15, 0.2) is 36.5 Å². The van der Waals surface area contributed by atoms with E-state index in [-0.39, 0.29) is 18.5 Å². The summed E-state index contributed by atoms with van der Waals surface area (Å²) in [6.45, 7) is 4.88. The Labute approximate surface area is 430 Å². The maximum Gasteiger partial charge on any atom is 0.305 e. The van der Waals surface area contributed by atoms with E-state index < -0.39 is 12.1 Å². The van der Waals surface area contributed by atoms with Crippen LogP contribution in [0, 0.1) is 0 Å². The van der Waals surface area contributed by atoms with Crippen molar-refractivity contribution in [2.45, 2.75) is 341 Å². The van der Waals surface area contributed by atoms with Crippen LogP contribution in [0.2, 0.25) is 0 Å². The first kappa shape index (κ1) is 67.1. The summed E-state index contributed by atoms with van der Waals surface area (Å²) in [4.78, 5) is 24.5. The first-order chi connectivity index (χ1) is 34.0. The molecule has 0 bridgehead atoms. The third-order valence-corrected chi connectivity index (χ3v) is 14.2. The normalized spacial score (nSPS) is 12.8. The van der Waals surface area contributed by atoms with Gasteiger partial charge in [0.15, 0.2) is 0 Å². The average Bonchev–Trinajstić information content (AvgIpc) is 3.35. The molecule has 0 saturated carbocycles. The number of hydrogen-bond donors (Lipinski definition) is 3. The summed E-state index contributed by atoms with van der Waals surface area (Å²) in [5.41, 5.74) is 0. The number of ether oxygens (including phenoxy) is 1. The molecule has 6 nitrogen and oxygen atoms in total. The topological polar surface area (TPSA) is 95.9 Å². The number of amides is 1. The molecule has 0 aromatic heterocycles. The smallest absolute Gasteiger partial charge is 0.305 e. The molecule has 0 spiro atoms. The number of carbonyl (C=O) groups is 2. The number of rotatable bonds is 57. The molecule has 0 aromatic carbocycles. The quantitative estimate of drug-likeness (QED) is 0.0244. The van der Waals surface area contributed by atoms with Crippen molar-refractivity contribution < 1.29 is 24.5 Å². The largest absolute Gasteiger partial charge is 0.466 e. The van der Waals surface area contributed by atoms with E-state index in [1.807, 2.05) is 6.08 Å².